The predicted octanol–water partition coefficient (Wildman–Crippen LogP) is 2.32. The standard InChI is InChI=1S/C22H29N5O3/c1-15(28)26-10-8-20-19(14-26)21(25-27(20)13-16-6-7-16)24-18-5-3-4-17(12-18)22(29)23-9-11-30-2/h3-5,12,16H,6-11,13-14H2,1-2H3,(H,23,29)(H,24,25). The summed E-state index contributed by atoms with van der Waals surface area (Å²) in [6.07, 6.45) is 3.34. The smallest absolute Gasteiger partial charge is 0.251 e. The Hall–Kier alpha value is -2.87. The van der Waals surface area contributed by atoms with Crippen molar-refractivity contribution in [3.8, 4) is 0 Å². The summed E-state index contributed by atoms with van der Waals surface area (Å²) >= 11 is 0. The zero-order valence-corrected chi connectivity index (χ0v) is 17.6. The summed E-state index contributed by atoms with van der Waals surface area (Å²) < 4.78 is 7.10. The molecule has 2 amide bonds. The lowest BCUT2D eigenvalue weighted by Crippen LogP contribution is -2.34. The number of carbonyl (C=O) groups is 2. The van der Waals surface area contributed by atoms with E-state index in [0.717, 1.165) is 36.6 Å². The molecule has 2 heterocycles. The predicted molar refractivity (Wildman–Crippen MR) is 114 cm³/mol. The van der Waals surface area contributed by atoms with Gasteiger partial charge in [0.05, 0.1) is 13.2 Å². The van der Waals surface area contributed by atoms with Crippen molar-refractivity contribution in [1.82, 2.24) is 20.0 Å². The third kappa shape index (κ3) is 4.64. The van der Waals surface area contributed by atoms with E-state index in [2.05, 4.69) is 15.3 Å². The van der Waals surface area contributed by atoms with Gasteiger partial charge in [-0.2, -0.15) is 5.10 Å². The number of nitrogens with zero attached hydrogens (tertiary/aromatic N) is 3. The second kappa shape index (κ2) is 8.87. The van der Waals surface area contributed by atoms with Crippen LogP contribution in [0.4, 0.5) is 11.5 Å². The summed E-state index contributed by atoms with van der Waals surface area (Å²) in [7, 11) is 1.60. The molecule has 1 aliphatic heterocycles. The van der Waals surface area contributed by atoms with Crippen molar-refractivity contribution >= 4 is 23.3 Å². The fourth-order valence-electron chi connectivity index (χ4n) is 3.80. The molecule has 160 valence electrons. The molecule has 0 radical (unpaired) electrons. The topological polar surface area (TPSA) is 88.5 Å². The molecular formula is C22H29N5O3. The lowest BCUT2D eigenvalue weighted by atomic mass is 10.1. The maximum atomic E-state index is 12.3. The van der Waals surface area contributed by atoms with Crippen LogP contribution in [-0.4, -0.2) is 53.3 Å². The van der Waals surface area contributed by atoms with Crippen LogP contribution in [0, 0.1) is 5.92 Å². The minimum Gasteiger partial charge on any atom is -0.383 e. The molecule has 1 aliphatic carbocycles. The van der Waals surface area contributed by atoms with Gasteiger partial charge < -0.3 is 20.3 Å². The number of amides is 2. The van der Waals surface area contributed by atoms with Crippen molar-refractivity contribution in [2.45, 2.75) is 39.3 Å². The van der Waals surface area contributed by atoms with Gasteiger partial charge in [0.25, 0.3) is 5.91 Å². The number of nitrogens with one attached hydrogen (secondary N) is 2. The summed E-state index contributed by atoms with van der Waals surface area (Å²) in [6.45, 7) is 4.78. The van der Waals surface area contributed by atoms with Crippen LogP contribution in [0.2, 0.25) is 0 Å². The molecule has 8 heteroatoms. The van der Waals surface area contributed by atoms with Crippen molar-refractivity contribution in [1.29, 1.82) is 0 Å². The van der Waals surface area contributed by atoms with E-state index in [1.54, 1.807) is 20.1 Å². The molecule has 1 fully saturated rings. The SMILES string of the molecule is COCCNC(=O)c1cccc(Nc2nn(CC3CC3)c3c2CN(C(C)=O)CC3)c1. The van der Waals surface area contributed by atoms with Gasteiger partial charge in [0, 0.05) is 62.6 Å². The van der Waals surface area contributed by atoms with Gasteiger partial charge in [-0.05, 0) is 37.0 Å². The van der Waals surface area contributed by atoms with Crippen LogP contribution in [0.3, 0.4) is 0 Å². The van der Waals surface area contributed by atoms with E-state index in [9.17, 15) is 9.59 Å². The van der Waals surface area contributed by atoms with Crippen LogP contribution < -0.4 is 10.6 Å². The van der Waals surface area contributed by atoms with Crippen molar-refractivity contribution in [3.63, 3.8) is 0 Å². The summed E-state index contributed by atoms with van der Waals surface area (Å²) in [5.41, 5.74) is 3.67. The molecule has 2 aromatic rings. The summed E-state index contributed by atoms with van der Waals surface area (Å²) in [4.78, 5) is 26.1. The quantitative estimate of drug-likeness (QED) is 0.651. The van der Waals surface area contributed by atoms with Crippen LogP contribution >= 0.6 is 0 Å². The molecule has 0 spiro atoms. The van der Waals surface area contributed by atoms with Gasteiger partial charge in [-0.3, -0.25) is 14.3 Å². The first-order valence-electron chi connectivity index (χ1n) is 10.5. The highest BCUT2D eigenvalue weighted by atomic mass is 16.5. The number of ether oxygens (including phenoxy) is 1. The molecule has 30 heavy (non-hydrogen) atoms. The van der Waals surface area contributed by atoms with Crippen LogP contribution in [0.15, 0.2) is 24.3 Å². The van der Waals surface area contributed by atoms with Crippen LogP contribution in [0.1, 0.15) is 41.4 Å². The average molecular weight is 412 g/mol. The minimum absolute atomic E-state index is 0.0799. The molecule has 2 aliphatic rings. The monoisotopic (exact) mass is 411 g/mol. The normalized spacial score (nSPS) is 15.6. The molecule has 1 saturated carbocycles. The zero-order chi connectivity index (χ0) is 21.1. The van der Waals surface area contributed by atoms with E-state index in [1.807, 2.05) is 23.1 Å². The summed E-state index contributed by atoms with van der Waals surface area (Å²) in [6, 6.07) is 7.37. The molecule has 8 nitrogen and oxygen atoms in total. The van der Waals surface area contributed by atoms with Gasteiger partial charge in [0.2, 0.25) is 5.91 Å². The maximum Gasteiger partial charge on any atom is 0.251 e. The number of anilines is 2. The maximum absolute atomic E-state index is 12.3. The molecule has 0 bridgehead atoms. The molecule has 0 unspecified atom stereocenters. The van der Waals surface area contributed by atoms with Crippen LogP contribution in [0.25, 0.3) is 0 Å². The Labute approximate surface area is 176 Å². The Balaban J connectivity index is 1.55. The second-order valence-electron chi connectivity index (χ2n) is 8.04. The lowest BCUT2D eigenvalue weighted by Gasteiger charge is -2.26. The second-order valence-corrected chi connectivity index (χ2v) is 8.04. The molecule has 2 N–H and O–H groups in total. The number of carbonyl (C=O) groups excluding carboxylic acids is 2. The van der Waals surface area contributed by atoms with E-state index >= 15 is 0 Å². The number of hydrogen-bond donors (Lipinski definition) is 2. The highest BCUT2D eigenvalue weighted by molar-refractivity contribution is 5.95. The molecule has 1 aromatic carbocycles. The summed E-state index contributed by atoms with van der Waals surface area (Å²) in [5, 5.41) is 11.1. The van der Waals surface area contributed by atoms with Gasteiger partial charge in [0.1, 0.15) is 0 Å². The van der Waals surface area contributed by atoms with Gasteiger partial charge >= 0.3 is 0 Å². The number of fused-ring (bicyclic) bond motifs is 1. The first-order chi connectivity index (χ1) is 14.5. The third-order valence-corrected chi connectivity index (χ3v) is 5.69. The Morgan fingerprint density at radius 2 is 2.13 bits per heavy atom. The fraction of sp³-hybridized carbons (Fsp3) is 0.500. The minimum atomic E-state index is -0.139. The number of benzene rings is 1. The Morgan fingerprint density at radius 1 is 1.30 bits per heavy atom. The van der Waals surface area contributed by atoms with Gasteiger partial charge in [-0.25, -0.2) is 0 Å². The van der Waals surface area contributed by atoms with E-state index in [1.165, 1.54) is 18.5 Å². The van der Waals surface area contributed by atoms with Crippen molar-refractivity contribution in [3.05, 3.63) is 41.1 Å². The first-order valence-corrected chi connectivity index (χ1v) is 10.5. The van der Waals surface area contributed by atoms with E-state index in [-0.39, 0.29) is 11.8 Å². The Morgan fingerprint density at radius 3 is 2.87 bits per heavy atom. The van der Waals surface area contributed by atoms with Crippen molar-refractivity contribution in [2.24, 2.45) is 5.92 Å². The largest absolute Gasteiger partial charge is 0.383 e. The number of hydrogen-bond acceptors (Lipinski definition) is 5. The summed E-state index contributed by atoms with van der Waals surface area (Å²) in [5.74, 6) is 1.43. The average Bonchev–Trinajstić information content (AvgIpc) is 3.50. The Kier molecular flexibility index (Phi) is 6.03. The highest BCUT2D eigenvalue weighted by Crippen LogP contribution is 2.34. The van der Waals surface area contributed by atoms with Crippen molar-refractivity contribution in [2.75, 3.05) is 32.1 Å². The molecule has 4 rings (SSSR count). The van der Waals surface area contributed by atoms with E-state index in [4.69, 9.17) is 9.84 Å². The third-order valence-electron chi connectivity index (χ3n) is 5.69. The molecule has 0 atom stereocenters. The van der Waals surface area contributed by atoms with Gasteiger partial charge in [-0.15, -0.1) is 0 Å². The van der Waals surface area contributed by atoms with Gasteiger partial charge in [-0.1, -0.05) is 6.07 Å². The Bertz CT molecular complexity index is 935. The number of methoxy groups -OCH3 is 1. The zero-order valence-electron chi connectivity index (χ0n) is 17.6. The number of aromatic nitrogens is 2. The fourth-order valence-corrected chi connectivity index (χ4v) is 3.80. The molecule has 1 aromatic heterocycles. The number of rotatable bonds is 8. The van der Waals surface area contributed by atoms with Crippen LogP contribution in [-0.2, 0) is 29.0 Å². The highest BCUT2D eigenvalue weighted by Gasteiger charge is 2.29. The van der Waals surface area contributed by atoms with Gasteiger partial charge in [0.15, 0.2) is 5.82 Å². The van der Waals surface area contributed by atoms with E-state index < -0.39 is 0 Å². The first kappa shape index (κ1) is 20.4. The molecule has 0 saturated heterocycles. The van der Waals surface area contributed by atoms with Crippen molar-refractivity contribution < 1.29 is 14.3 Å². The molecular weight excluding hydrogens is 382 g/mol. The lowest BCUT2D eigenvalue weighted by molar-refractivity contribution is -0.129. The van der Waals surface area contributed by atoms with Crippen LogP contribution in [0.5, 0.6) is 0 Å². The van der Waals surface area contributed by atoms with E-state index in [0.29, 0.717) is 31.2 Å².